The number of halogens is 1. The zero-order valence-electron chi connectivity index (χ0n) is 17.5. The topological polar surface area (TPSA) is 55.8 Å². The van der Waals surface area contributed by atoms with Crippen LogP contribution in [0.4, 0.5) is 4.79 Å². The fraction of sp³-hybridized carbons (Fsp3) is 0.200. The molecule has 3 aromatic carbocycles. The predicted octanol–water partition coefficient (Wildman–Crippen LogP) is 6.51. The van der Waals surface area contributed by atoms with Gasteiger partial charge in [0.05, 0.1) is 22.5 Å². The van der Waals surface area contributed by atoms with Crippen molar-refractivity contribution >= 4 is 55.7 Å². The Morgan fingerprint density at radius 3 is 2.56 bits per heavy atom. The lowest BCUT2D eigenvalue weighted by atomic mass is 10.1. The highest BCUT2D eigenvalue weighted by Gasteiger charge is 2.34. The molecule has 0 atom stereocenters. The molecule has 0 saturated carbocycles. The number of amides is 2. The van der Waals surface area contributed by atoms with Crippen LogP contribution in [0.3, 0.4) is 0 Å². The molecule has 0 unspecified atom stereocenters. The number of hydrogen-bond acceptors (Lipinski definition) is 5. The van der Waals surface area contributed by atoms with Gasteiger partial charge in [-0.05, 0) is 69.3 Å². The van der Waals surface area contributed by atoms with Gasteiger partial charge in [-0.2, -0.15) is 0 Å². The highest BCUT2D eigenvalue weighted by atomic mass is 79.9. The van der Waals surface area contributed by atoms with Gasteiger partial charge in [0, 0.05) is 5.39 Å². The highest BCUT2D eigenvalue weighted by molar-refractivity contribution is 9.10. The smallest absolute Gasteiger partial charge is 0.293 e. The number of rotatable bonds is 8. The molecule has 0 aliphatic carbocycles. The molecule has 0 aromatic heterocycles. The summed E-state index contributed by atoms with van der Waals surface area (Å²) in [6.45, 7) is 3.11. The van der Waals surface area contributed by atoms with Gasteiger partial charge in [-0.15, -0.1) is 0 Å². The molecule has 1 heterocycles. The largest absolute Gasteiger partial charge is 0.492 e. The summed E-state index contributed by atoms with van der Waals surface area (Å²) in [4.78, 5) is 26.8. The van der Waals surface area contributed by atoms with E-state index in [0.717, 1.165) is 50.5 Å². The van der Waals surface area contributed by atoms with Gasteiger partial charge in [0.2, 0.25) is 0 Å². The Bertz CT molecular complexity index is 1190. The molecule has 0 radical (unpaired) electrons. The van der Waals surface area contributed by atoms with Gasteiger partial charge in [-0.1, -0.05) is 49.4 Å². The van der Waals surface area contributed by atoms with E-state index in [-0.39, 0.29) is 24.3 Å². The van der Waals surface area contributed by atoms with Crippen molar-refractivity contribution in [1.82, 2.24) is 4.90 Å². The molecular formula is C25H22BrNO4S. The van der Waals surface area contributed by atoms with Crippen LogP contribution in [-0.4, -0.2) is 35.8 Å². The summed E-state index contributed by atoms with van der Waals surface area (Å²) >= 11 is 4.44. The first-order valence-electron chi connectivity index (χ1n) is 10.3. The van der Waals surface area contributed by atoms with E-state index in [1.54, 1.807) is 6.08 Å². The van der Waals surface area contributed by atoms with E-state index in [9.17, 15) is 9.59 Å². The average Bonchev–Trinajstić information content (AvgIpc) is 3.06. The van der Waals surface area contributed by atoms with E-state index < -0.39 is 0 Å². The molecule has 7 heteroatoms. The average molecular weight is 512 g/mol. The molecule has 5 nitrogen and oxygen atoms in total. The molecule has 164 valence electrons. The monoisotopic (exact) mass is 511 g/mol. The van der Waals surface area contributed by atoms with Crippen LogP contribution in [0, 0.1) is 0 Å². The lowest BCUT2D eigenvalue weighted by Gasteiger charge is -2.14. The van der Waals surface area contributed by atoms with Crippen LogP contribution in [0.15, 0.2) is 70.0 Å². The fourth-order valence-corrected chi connectivity index (χ4v) is 4.72. The van der Waals surface area contributed by atoms with Crippen molar-refractivity contribution in [3.05, 3.63) is 75.6 Å². The normalized spacial score (nSPS) is 15.1. The summed E-state index contributed by atoms with van der Waals surface area (Å²) in [7, 11) is 0. The van der Waals surface area contributed by atoms with Gasteiger partial charge >= 0.3 is 0 Å². The van der Waals surface area contributed by atoms with Crippen LogP contribution in [0.25, 0.3) is 16.8 Å². The van der Waals surface area contributed by atoms with Gasteiger partial charge in [-0.25, -0.2) is 0 Å². The van der Waals surface area contributed by atoms with Crippen molar-refractivity contribution in [2.24, 2.45) is 0 Å². The number of ether oxygens (including phenoxy) is 2. The third kappa shape index (κ3) is 5.00. The maximum atomic E-state index is 12.8. The second-order valence-corrected chi connectivity index (χ2v) is 9.04. The maximum absolute atomic E-state index is 12.8. The molecule has 1 fully saturated rings. The van der Waals surface area contributed by atoms with E-state index in [1.807, 2.05) is 67.6 Å². The summed E-state index contributed by atoms with van der Waals surface area (Å²) in [6.07, 6.45) is 2.65. The number of nitrogens with zero attached hydrogens (tertiary/aromatic N) is 1. The first-order valence-corrected chi connectivity index (χ1v) is 12.0. The molecule has 0 N–H and O–H groups in total. The van der Waals surface area contributed by atoms with Gasteiger partial charge < -0.3 is 9.47 Å². The van der Waals surface area contributed by atoms with Crippen molar-refractivity contribution in [3.63, 3.8) is 0 Å². The SMILES string of the molecule is CCCOc1ccc(/C=C2\SC(=O)N(CCOc3cccc4ccccc34)C2=O)cc1Br. The van der Waals surface area contributed by atoms with E-state index in [2.05, 4.69) is 15.9 Å². The Labute approximate surface area is 199 Å². The molecule has 0 bridgehead atoms. The third-order valence-electron chi connectivity index (χ3n) is 4.91. The maximum Gasteiger partial charge on any atom is 0.293 e. The molecule has 0 spiro atoms. The predicted molar refractivity (Wildman–Crippen MR) is 132 cm³/mol. The Kier molecular flexibility index (Phi) is 7.17. The Morgan fingerprint density at radius 1 is 0.969 bits per heavy atom. The standard InChI is InChI=1S/C25H22BrNO4S/c1-2-13-30-22-11-10-17(15-20(22)26)16-23-24(28)27(25(29)32-23)12-14-31-21-9-5-7-18-6-3-4-8-19(18)21/h3-11,15-16H,2,12-14H2,1H3/b23-16-. The number of fused-ring (bicyclic) bond motifs is 1. The van der Waals surface area contributed by atoms with Gasteiger partial charge in [0.15, 0.2) is 0 Å². The molecular weight excluding hydrogens is 490 g/mol. The van der Waals surface area contributed by atoms with Crippen LogP contribution in [0.1, 0.15) is 18.9 Å². The summed E-state index contributed by atoms with van der Waals surface area (Å²) in [5, 5.41) is 1.79. The summed E-state index contributed by atoms with van der Waals surface area (Å²) in [5.41, 5.74) is 0.818. The summed E-state index contributed by atoms with van der Waals surface area (Å²) < 4.78 is 12.4. The second kappa shape index (κ2) is 10.2. The number of hydrogen-bond donors (Lipinski definition) is 0. The lowest BCUT2D eigenvalue weighted by Crippen LogP contribution is -2.32. The van der Waals surface area contributed by atoms with E-state index in [0.29, 0.717) is 11.5 Å². The summed E-state index contributed by atoms with van der Waals surface area (Å²) in [5.74, 6) is 1.19. The Balaban J connectivity index is 1.41. The molecule has 2 amide bonds. The van der Waals surface area contributed by atoms with Crippen molar-refractivity contribution in [1.29, 1.82) is 0 Å². The molecule has 32 heavy (non-hydrogen) atoms. The highest BCUT2D eigenvalue weighted by Crippen LogP contribution is 2.34. The molecule has 1 saturated heterocycles. The molecule has 1 aliphatic rings. The Hall–Kier alpha value is -2.77. The first-order chi connectivity index (χ1) is 15.6. The van der Waals surface area contributed by atoms with Crippen LogP contribution in [0.2, 0.25) is 0 Å². The van der Waals surface area contributed by atoms with Crippen molar-refractivity contribution in [2.45, 2.75) is 13.3 Å². The van der Waals surface area contributed by atoms with Crippen molar-refractivity contribution < 1.29 is 19.1 Å². The first kappa shape index (κ1) is 22.4. The third-order valence-corrected chi connectivity index (χ3v) is 6.44. The van der Waals surface area contributed by atoms with Gasteiger partial charge in [0.25, 0.3) is 11.1 Å². The number of imide groups is 1. The van der Waals surface area contributed by atoms with Crippen molar-refractivity contribution in [2.75, 3.05) is 19.8 Å². The zero-order valence-corrected chi connectivity index (χ0v) is 19.9. The molecule has 1 aliphatic heterocycles. The zero-order chi connectivity index (χ0) is 22.5. The summed E-state index contributed by atoms with van der Waals surface area (Å²) in [6, 6.07) is 19.4. The fourth-order valence-electron chi connectivity index (χ4n) is 3.35. The number of carbonyl (C=O) groups is 2. The minimum absolute atomic E-state index is 0.193. The van der Waals surface area contributed by atoms with E-state index in [1.165, 1.54) is 4.90 Å². The van der Waals surface area contributed by atoms with Crippen LogP contribution in [-0.2, 0) is 4.79 Å². The van der Waals surface area contributed by atoms with Gasteiger partial charge in [-0.3, -0.25) is 14.5 Å². The number of carbonyl (C=O) groups excluding carboxylic acids is 2. The van der Waals surface area contributed by atoms with Crippen LogP contribution in [0.5, 0.6) is 11.5 Å². The molecule has 4 rings (SSSR count). The van der Waals surface area contributed by atoms with Crippen LogP contribution < -0.4 is 9.47 Å². The van der Waals surface area contributed by atoms with E-state index in [4.69, 9.17) is 9.47 Å². The number of benzene rings is 3. The van der Waals surface area contributed by atoms with Crippen molar-refractivity contribution in [3.8, 4) is 11.5 Å². The molecule has 3 aromatic rings. The quantitative estimate of drug-likeness (QED) is 0.322. The Morgan fingerprint density at radius 2 is 1.75 bits per heavy atom. The second-order valence-electron chi connectivity index (χ2n) is 7.20. The van der Waals surface area contributed by atoms with E-state index >= 15 is 0 Å². The lowest BCUT2D eigenvalue weighted by molar-refractivity contribution is -0.123. The van der Waals surface area contributed by atoms with Crippen LogP contribution >= 0.6 is 27.7 Å². The number of thioether (sulfide) groups is 1. The minimum Gasteiger partial charge on any atom is -0.492 e. The minimum atomic E-state index is -0.302. The van der Waals surface area contributed by atoms with Gasteiger partial charge in [0.1, 0.15) is 18.1 Å².